The van der Waals surface area contributed by atoms with Gasteiger partial charge in [-0.15, -0.1) is 0 Å². The van der Waals surface area contributed by atoms with Gasteiger partial charge in [-0.3, -0.25) is 4.98 Å². The number of nitrogens with zero attached hydrogens (tertiary/aromatic N) is 1. The number of hydrogen-bond acceptors (Lipinski definition) is 4. The van der Waals surface area contributed by atoms with Gasteiger partial charge in [0, 0.05) is 35.5 Å². The highest BCUT2D eigenvalue weighted by Gasteiger charge is 2.04. The largest absolute Gasteiger partial charge is 0.399 e. The third kappa shape index (κ3) is 3.25. The molecule has 6 heteroatoms. The molecule has 2 rings (SSSR count). The first kappa shape index (κ1) is 12.9. The summed E-state index contributed by atoms with van der Waals surface area (Å²) in [5.74, 6) is 0. The maximum absolute atomic E-state index is 10.6. The van der Waals surface area contributed by atoms with Crippen LogP contribution in [0.4, 0.5) is 16.2 Å². The van der Waals surface area contributed by atoms with Crippen molar-refractivity contribution in [1.29, 1.82) is 0 Å². The Hall–Kier alpha value is -2.50. The maximum atomic E-state index is 10.6. The lowest BCUT2D eigenvalue weighted by Crippen LogP contribution is -2.33. The summed E-state index contributed by atoms with van der Waals surface area (Å²) >= 11 is 0. The normalized spacial score (nSPS) is 10.4. The fourth-order valence-corrected chi connectivity index (χ4v) is 1.90. The van der Waals surface area contributed by atoms with Crippen LogP contribution in [0.1, 0.15) is 5.69 Å². The van der Waals surface area contributed by atoms with Gasteiger partial charge in [0.25, 0.3) is 0 Å². The molecule has 0 aliphatic heterocycles. The van der Waals surface area contributed by atoms with Gasteiger partial charge >= 0.3 is 6.03 Å². The third-order valence-corrected chi connectivity index (χ3v) is 2.70. The zero-order valence-corrected chi connectivity index (χ0v) is 10.7. The van der Waals surface area contributed by atoms with Crippen molar-refractivity contribution in [3.8, 4) is 0 Å². The van der Waals surface area contributed by atoms with E-state index < -0.39 is 6.03 Å². The first-order valence-electron chi connectivity index (χ1n) is 6.00. The van der Waals surface area contributed by atoms with E-state index in [4.69, 9.17) is 11.5 Å². The van der Waals surface area contributed by atoms with Gasteiger partial charge in [0.05, 0.1) is 5.52 Å². The quantitative estimate of drug-likeness (QED) is 0.489. The van der Waals surface area contributed by atoms with Gasteiger partial charge in [-0.1, -0.05) is 0 Å². The van der Waals surface area contributed by atoms with Crippen LogP contribution >= 0.6 is 0 Å². The maximum Gasteiger partial charge on any atom is 0.312 e. The van der Waals surface area contributed by atoms with Crippen LogP contribution in [0, 0.1) is 6.92 Å². The summed E-state index contributed by atoms with van der Waals surface area (Å²) in [6.45, 7) is 2.97. The Morgan fingerprint density at radius 1 is 1.32 bits per heavy atom. The fourth-order valence-electron chi connectivity index (χ4n) is 1.90. The molecule has 0 saturated heterocycles. The van der Waals surface area contributed by atoms with Crippen LogP contribution in [0.5, 0.6) is 0 Å². The summed E-state index contributed by atoms with van der Waals surface area (Å²) in [6.07, 6.45) is 0. The van der Waals surface area contributed by atoms with Gasteiger partial charge in [-0.05, 0) is 31.2 Å². The lowest BCUT2D eigenvalue weighted by Gasteiger charge is -2.11. The van der Waals surface area contributed by atoms with Gasteiger partial charge < -0.3 is 22.1 Å². The van der Waals surface area contributed by atoms with Crippen molar-refractivity contribution in [2.45, 2.75) is 6.92 Å². The van der Waals surface area contributed by atoms with Crippen LogP contribution in [0.15, 0.2) is 24.3 Å². The molecule has 0 bridgehead atoms. The second-order valence-electron chi connectivity index (χ2n) is 4.31. The van der Waals surface area contributed by atoms with Gasteiger partial charge in [-0.25, -0.2) is 4.79 Å². The van der Waals surface area contributed by atoms with Crippen molar-refractivity contribution >= 4 is 28.3 Å². The number of rotatable bonds is 4. The summed E-state index contributed by atoms with van der Waals surface area (Å²) in [6, 6.07) is 7.02. The van der Waals surface area contributed by atoms with Crippen molar-refractivity contribution in [3.63, 3.8) is 0 Å². The molecule has 1 aromatic heterocycles. The second-order valence-corrected chi connectivity index (χ2v) is 4.31. The Kier molecular flexibility index (Phi) is 3.70. The molecular formula is C13H17N5O. The summed E-state index contributed by atoms with van der Waals surface area (Å²) in [7, 11) is 0. The molecule has 19 heavy (non-hydrogen) atoms. The molecule has 0 atom stereocenters. The average molecular weight is 259 g/mol. The molecule has 0 spiro atoms. The van der Waals surface area contributed by atoms with E-state index in [0.29, 0.717) is 18.8 Å². The van der Waals surface area contributed by atoms with Crippen molar-refractivity contribution in [3.05, 3.63) is 30.0 Å². The summed E-state index contributed by atoms with van der Waals surface area (Å²) in [5, 5.41) is 6.73. The molecule has 0 aliphatic carbocycles. The first-order valence-corrected chi connectivity index (χ1v) is 6.00. The Bertz CT molecular complexity index is 611. The van der Waals surface area contributed by atoms with Gasteiger partial charge in [0.1, 0.15) is 0 Å². The molecule has 1 heterocycles. The fraction of sp³-hybridized carbons (Fsp3) is 0.231. The minimum atomic E-state index is -0.526. The van der Waals surface area contributed by atoms with Crippen LogP contribution in [0.3, 0.4) is 0 Å². The van der Waals surface area contributed by atoms with Crippen molar-refractivity contribution in [1.82, 2.24) is 10.3 Å². The Morgan fingerprint density at radius 2 is 2.11 bits per heavy atom. The molecule has 0 aliphatic rings. The van der Waals surface area contributed by atoms with E-state index in [9.17, 15) is 4.79 Å². The minimum Gasteiger partial charge on any atom is -0.399 e. The van der Waals surface area contributed by atoms with E-state index in [1.165, 1.54) is 0 Å². The number of nitrogens with two attached hydrogens (primary N) is 2. The highest BCUT2D eigenvalue weighted by atomic mass is 16.2. The molecule has 2 aromatic rings. The Labute approximate surface area is 111 Å². The Morgan fingerprint density at radius 3 is 2.84 bits per heavy atom. The standard InChI is InChI=1S/C13H17N5O/c1-8-6-12(16-4-5-17-13(15)19)10-7-9(14)2-3-11(10)18-8/h2-3,6-7H,4-5,14H2,1H3,(H,16,18)(H3,15,17,19). The van der Waals surface area contributed by atoms with E-state index in [1.54, 1.807) is 0 Å². The molecule has 0 unspecified atom stereocenters. The number of pyridine rings is 1. The smallest absolute Gasteiger partial charge is 0.312 e. The number of aryl methyl sites for hydroxylation is 1. The number of benzene rings is 1. The summed E-state index contributed by atoms with van der Waals surface area (Å²) in [4.78, 5) is 15.0. The van der Waals surface area contributed by atoms with Crippen molar-refractivity contribution < 1.29 is 4.79 Å². The van der Waals surface area contributed by atoms with E-state index in [-0.39, 0.29) is 0 Å². The lowest BCUT2D eigenvalue weighted by atomic mass is 10.1. The van der Waals surface area contributed by atoms with Gasteiger partial charge in [0.2, 0.25) is 0 Å². The zero-order chi connectivity index (χ0) is 13.8. The SMILES string of the molecule is Cc1cc(NCCNC(N)=O)c2cc(N)ccc2n1. The van der Waals surface area contributed by atoms with Crippen LogP contribution in [0.2, 0.25) is 0 Å². The summed E-state index contributed by atoms with van der Waals surface area (Å²) in [5.41, 5.74) is 14.2. The van der Waals surface area contributed by atoms with Crippen LogP contribution in [-0.4, -0.2) is 24.1 Å². The molecular weight excluding hydrogens is 242 g/mol. The van der Waals surface area contributed by atoms with E-state index >= 15 is 0 Å². The number of urea groups is 1. The molecule has 0 saturated carbocycles. The molecule has 6 nitrogen and oxygen atoms in total. The van der Waals surface area contributed by atoms with E-state index in [2.05, 4.69) is 15.6 Å². The Balaban J connectivity index is 2.21. The summed E-state index contributed by atoms with van der Waals surface area (Å²) < 4.78 is 0. The molecule has 2 amide bonds. The zero-order valence-electron chi connectivity index (χ0n) is 10.7. The number of anilines is 2. The number of carbonyl (C=O) groups excluding carboxylic acids is 1. The number of carbonyl (C=O) groups is 1. The van der Waals surface area contributed by atoms with Crippen molar-refractivity contribution in [2.75, 3.05) is 24.1 Å². The number of aromatic nitrogens is 1. The number of primary amides is 1. The lowest BCUT2D eigenvalue weighted by molar-refractivity contribution is 0.249. The number of amides is 2. The number of hydrogen-bond donors (Lipinski definition) is 4. The third-order valence-electron chi connectivity index (χ3n) is 2.70. The molecule has 0 radical (unpaired) electrons. The van der Waals surface area contributed by atoms with E-state index in [1.807, 2.05) is 31.2 Å². The highest BCUT2D eigenvalue weighted by Crippen LogP contribution is 2.24. The van der Waals surface area contributed by atoms with Gasteiger partial charge in [0.15, 0.2) is 0 Å². The predicted octanol–water partition coefficient (Wildman–Crippen LogP) is 1.21. The minimum absolute atomic E-state index is 0.459. The van der Waals surface area contributed by atoms with Crippen molar-refractivity contribution in [2.24, 2.45) is 5.73 Å². The van der Waals surface area contributed by atoms with Gasteiger partial charge in [-0.2, -0.15) is 0 Å². The number of nitrogens with one attached hydrogen (secondary N) is 2. The van der Waals surface area contributed by atoms with Crippen LogP contribution < -0.4 is 22.1 Å². The number of fused-ring (bicyclic) bond motifs is 1. The monoisotopic (exact) mass is 259 g/mol. The highest BCUT2D eigenvalue weighted by molar-refractivity contribution is 5.93. The molecule has 100 valence electrons. The molecule has 1 aromatic carbocycles. The van der Waals surface area contributed by atoms with Crippen LogP contribution in [-0.2, 0) is 0 Å². The predicted molar refractivity (Wildman–Crippen MR) is 77.0 cm³/mol. The number of nitrogen functional groups attached to an aromatic ring is 1. The first-order chi connectivity index (χ1) is 9.06. The molecule has 0 fully saturated rings. The topological polar surface area (TPSA) is 106 Å². The second kappa shape index (κ2) is 5.43. The van der Waals surface area contributed by atoms with Crippen LogP contribution in [0.25, 0.3) is 10.9 Å². The molecule has 6 N–H and O–H groups in total. The van der Waals surface area contributed by atoms with E-state index in [0.717, 1.165) is 22.3 Å². The average Bonchev–Trinajstić information content (AvgIpc) is 2.35.